The number of Topliss-reactive ketones (excluding diaryl/α,β-unsaturated/α-hetero) is 1. The summed E-state index contributed by atoms with van der Waals surface area (Å²) in [6.07, 6.45) is 1.99. The quantitative estimate of drug-likeness (QED) is 0.802. The Hall–Kier alpha value is -2.56. The first-order valence-electron chi connectivity index (χ1n) is 6.76. The van der Waals surface area contributed by atoms with Crippen molar-refractivity contribution in [1.29, 1.82) is 0 Å². The summed E-state index contributed by atoms with van der Waals surface area (Å²) in [7, 11) is 1.61. The highest BCUT2D eigenvalue weighted by Gasteiger charge is 2.11. The van der Waals surface area contributed by atoms with Crippen LogP contribution in [0.2, 0.25) is 0 Å². The minimum Gasteiger partial charge on any atom is -0.497 e. The van der Waals surface area contributed by atoms with Crippen molar-refractivity contribution in [2.45, 2.75) is 19.9 Å². The van der Waals surface area contributed by atoms with Crippen LogP contribution in [-0.2, 0) is 6.54 Å². The van der Waals surface area contributed by atoms with Gasteiger partial charge in [-0.25, -0.2) is 0 Å². The van der Waals surface area contributed by atoms with Crippen molar-refractivity contribution < 1.29 is 14.3 Å². The van der Waals surface area contributed by atoms with Gasteiger partial charge in [0, 0.05) is 24.7 Å². The van der Waals surface area contributed by atoms with Gasteiger partial charge in [0.1, 0.15) is 11.4 Å². The molecule has 110 valence electrons. The summed E-state index contributed by atoms with van der Waals surface area (Å²) in [6.45, 7) is 2.21. The predicted molar refractivity (Wildman–Crippen MR) is 79.6 cm³/mol. The van der Waals surface area contributed by atoms with Gasteiger partial charge in [-0.05, 0) is 23.8 Å². The van der Waals surface area contributed by atoms with Crippen molar-refractivity contribution in [3.8, 4) is 5.75 Å². The zero-order valence-corrected chi connectivity index (χ0v) is 12.1. The van der Waals surface area contributed by atoms with Crippen molar-refractivity contribution in [2.75, 3.05) is 7.11 Å². The molecule has 0 bridgehead atoms. The number of methoxy groups -OCH3 is 1. The molecule has 1 heterocycles. The summed E-state index contributed by atoms with van der Waals surface area (Å²) in [5.41, 5.74) is 1.90. The molecule has 0 aliphatic heterocycles. The third kappa shape index (κ3) is 3.72. The molecule has 2 aromatic rings. The lowest BCUT2D eigenvalue weighted by atomic mass is 10.1. The molecule has 1 aromatic carbocycles. The lowest BCUT2D eigenvalue weighted by Gasteiger charge is -2.05. The molecule has 0 unspecified atom stereocenters. The topological polar surface area (TPSA) is 71.2 Å². The first kappa shape index (κ1) is 14.8. The van der Waals surface area contributed by atoms with E-state index in [4.69, 9.17) is 4.74 Å². The van der Waals surface area contributed by atoms with Gasteiger partial charge in [-0.1, -0.05) is 19.1 Å². The maximum Gasteiger partial charge on any atom is 0.267 e. The van der Waals surface area contributed by atoms with E-state index < -0.39 is 0 Å². The van der Waals surface area contributed by atoms with Gasteiger partial charge in [0.05, 0.1) is 7.11 Å². The zero-order chi connectivity index (χ0) is 15.2. The molecule has 0 fully saturated rings. The highest BCUT2D eigenvalue weighted by Crippen LogP contribution is 2.11. The lowest BCUT2D eigenvalue weighted by molar-refractivity contribution is 0.0946. The number of carbonyl (C=O) groups is 2. The summed E-state index contributed by atoms with van der Waals surface area (Å²) in [6, 6.07) is 9.04. The first-order chi connectivity index (χ1) is 10.1. The molecule has 0 saturated carbocycles. The van der Waals surface area contributed by atoms with Gasteiger partial charge in [-0.15, -0.1) is 0 Å². The number of nitrogens with one attached hydrogen (secondary N) is 2. The largest absolute Gasteiger partial charge is 0.497 e. The Balaban J connectivity index is 1.94. The molecule has 1 amide bonds. The molecular formula is C16H18N2O3. The van der Waals surface area contributed by atoms with Gasteiger partial charge < -0.3 is 15.0 Å². The summed E-state index contributed by atoms with van der Waals surface area (Å²) >= 11 is 0. The summed E-state index contributed by atoms with van der Waals surface area (Å²) in [5, 5.41) is 2.80. The van der Waals surface area contributed by atoms with Crippen LogP contribution in [0.1, 0.15) is 39.8 Å². The van der Waals surface area contributed by atoms with E-state index in [1.807, 2.05) is 24.3 Å². The fourth-order valence-corrected chi connectivity index (χ4v) is 1.91. The van der Waals surface area contributed by atoms with Crippen LogP contribution in [0, 0.1) is 0 Å². The van der Waals surface area contributed by atoms with Gasteiger partial charge in [0.15, 0.2) is 5.78 Å². The number of rotatable bonds is 6. The van der Waals surface area contributed by atoms with E-state index in [1.54, 1.807) is 26.3 Å². The van der Waals surface area contributed by atoms with Crippen LogP contribution in [0.3, 0.4) is 0 Å². The number of ether oxygens (including phenoxy) is 1. The molecule has 2 rings (SSSR count). The summed E-state index contributed by atoms with van der Waals surface area (Å²) < 4.78 is 5.08. The Kier molecular flexibility index (Phi) is 4.77. The Bertz CT molecular complexity index is 629. The van der Waals surface area contributed by atoms with Gasteiger partial charge in [-0.3, -0.25) is 9.59 Å². The van der Waals surface area contributed by atoms with Crippen molar-refractivity contribution in [3.63, 3.8) is 0 Å². The van der Waals surface area contributed by atoms with Crippen LogP contribution in [0.5, 0.6) is 5.75 Å². The fourth-order valence-electron chi connectivity index (χ4n) is 1.91. The standard InChI is InChI=1S/C16H18N2O3/c1-3-15(19)12-8-14(17-10-12)16(20)18-9-11-4-6-13(21-2)7-5-11/h4-8,10,17H,3,9H2,1-2H3,(H,18,20). The average molecular weight is 286 g/mol. The van der Waals surface area contributed by atoms with Crippen LogP contribution >= 0.6 is 0 Å². The molecule has 0 saturated heterocycles. The maximum absolute atomic E-state index is 12.0. The normalized spacial score (nSPS) is 10.2. The van der Waals surface area contributed by atoms with Crippen molar-refractivity contribution in [3.05, 3.63) is 53.3 Å². The van der Waals surface area contributed by atoms with Gasteiger partial charge in [0.25, 0.3) is 5.91 Å². The van der Waals surface area contributed by atoms with Crippen molar-refractivity contribution in [2.24, 2.45) is 0 Å². The minimum atomic E-state index is -0.235. The third-order valence-electron chi connectivity index (χ3n) is 3.18. The van der Waals surface area contributed by atoms with Gasteiger partial charge >= 0.3 is 0 Å². The average Bonchev–Trinajstić information content (AvgIpc) is 3.02. The number of hydrogen-bond donors (Lipinski definition) is 2. The molecule has 2 N–H and O–H groups in total. The molecule has 0 atom stereocenters. The Morgan fingerprint density at radius 3 is 2.57 bits per heavy atom. The molecule has 1 aromatic heterocycles. The van der Waals surface area contributed by atoms with Crippen LogP contribution < -0.4 is 10.1 Å². The smallest absolute Gasteiger partial charge is 0.267 e. The Morgan fingerprint density at radius 1 is 1.24 bits per heavy atom. The van der Waals surface area contributed by atoms with E-state index in [2.05, 4.69) is 10.3 Å². The molecule has 5 heteroatoms. The van der Waals surface area contributed by atoms with E-state index in [0.29, 0.717) is 24.2 Å². The Morgan fingerprint density at radius 2 is 1.95 bits per heavy atom. The van der Waals surface area contributed by atoms with Crippen molar-refractivity contribution >= 4 is 11.7 Å². The summed E-state index contributed by atoms with van der Waals surface area (Å²) in [4.78, 5) is 26.3. The second kappa shape index (κ2) is 6.74. The number of aromatic nitrogens is 1. The highest BCUT2D eigenvalue weighted by molar-refractivity contribution is 6.00. The van der Waals surface area contributed by atoms with E-state index >= 15 is 0 Å². The van der Waals surface area contributed by atoms with Crippen LogP contribution in [-0.4, -0.2) is 23.8 Å². The molecule has 21 heavy (non-hydrogen) atoms. The maximum atomic E-state index is 12.0. The van der Waals surface area contributed by atoms with E-state index in [-0.39, 0.29) is 11.7 Å². The second-order valence-corrected chi connectivity index (χ2v) is 4.61. The highest BCUT2D eigenvalue weighted by atomic mass is 16.5. The van der Waals surface area contributed by atoms with Gasteiger partial charge in [0.2, 0.25) is 0 Å². The number of hydrogen-bond acceptors (Lipinski definition) is 3. The zero-order valence-electron chi connectivity index (χ0n) is 12.1. The van der Waals surface area contributed by atoms with Crippen LogP contribution in [0.15, 0.2) is 36.5 Å². The molecular weight excluding hydrogens is 268 g/mol. The predicted octanol–water partition coefficient (Wildman–Crippen LogP) is 2.55. The molecule has 0 aliphatic carbocycles. The molecule has 0 spiro atoms. The van der Waals surface area contributed by atoms with E-state index in [1.165, 1.54) is 0 Å². The monoisotopic (exact) mass is 286 g/mol. The first-order valence-corrected chi connectivity index (χ1v) is 6.76. The SMILES string of the molecule is CCC(=O)c1c[nH]c(C(=O)NCc2ccc(OC)cc2)c1. The minimum absolute atomic E-state index is 0.0143. The van der Waals surface area contributed by atoms with Crippen molar-refractivity contribution in [1.82, 2.24) is 10.3 Å². The number of ketones is 1. The molecule has 0 aliphatic rings. The van der Waals surface area contributed by atoms with Crippen LogP contribution in [0.25, 0.3) is 0 Å². The number of amides is 1. The van der Waals surface area contributed by atoms with E-state index in [9.17, 15) is 9.59 Å². The Labute approximate surface area is 123 Å². The summed E-state index contributed by atoms with van der Waals surface area (Å²) in [5.74, 6) is 0.554. The fraction of sp³-hybridized carbons (Fsp3) is 0.250. The van der Waals surface area contributed by atoms with E-state index in [0.717, 1.165) is 11.3 Å². The second-order valence-electron chi connectivity index (χ2n) is 4.61. The number of aromatic amines is 1. The van der Waals surface area contributed by atoms with Gasteiger partial charge in [-0.2, -0.15) is 0 Å². The lowest BCUT2D eigenvalue weighted by Crippen LogP contribution is -2.23. The third-order valence-corrected chi connectivity index (χ3v) is 3.18. The molecule has 0 radical (unpaired) electrons. The molecule has 5 nitrogen and oxygen atoms in total. The van der Waals surface area contributed by atoms with Crippen LogP contribution in [0.4, 0.5) is 0 Å². The number of benzene rings is 1. The number of carbonyl (C=O) groups excluding carboxylic acids is 2. The number of H-pyrrole nitrogens is 1.